The van der Waals surface area contributed by atoms with Crippen LogP contribution in [0.1, 0.15) is 11.3 Å². The van der Waals surface area contributed by atoms with E-state index in [1.165, 1.54) is 5.56 Å². The zero-order valence-electron chi connectivity index (χ0n) is 14.6. The second-order valence-electron chi connectivity index (χ2n) is 6.79. The normalized spacial score (nSPS) is 15.3. The SMILES string of the molecule is CN1CCc2c([nH]c3c(NS(=O)(=O)c4cccc5nsnc45)cccc23)C1. The van der Waals surface area contributed by atoms with Crippen molar-refractivity contribution in [1.82, 2.24) is 18.6 Å². The molecule has 9 heteroatoms. The molecule has 7 nitrogen and oxygen atoms in total. The monoisotopic (exact) mass is 399 g/mol. The summed E-state index contributed by atoms with van der Waals surface area (Å²) in [7, 11) is -1.71. The minimum absolute atomic E-state index is 0.141. The van der Waals surface area contributed by atoms with Gasteiger partial charge in [-0.15, -0.1) is 0 Å². The number of aromatic nitrogens is 3. The Morgan fingerprint density at radius 1 is 1.19 bits per heavy atom. The summed E-state index contributed by atoms with van der Waals surface area (Å²) in [6.07, 6.45) is 0.950. The van der Waals surface area contributed by atoms with Gasteiger partial charge in [0.25, 0.3) is 10.0 Å². The topological polar surface area (TPSA) is 91.0 Å². The molecule has 3 heterocycles. The molecule has 0 aliphatic carbocycles. The highest BCUT2D eigenvalue weighted by Gasteiger charge is 2.23. The van der Waals surface area contributed by atoms with Crippen LogP contribution in [0.15, 0.2) is 41.3 Å². The number of nitrogens with one attached hydrogen (secondary N) is 2. The minimum atomic E-state index is -3.79. The number of H-pyrrole nitrogens is 1. The van der Waals surface area contributed by atoms with Crippen LogP contribution in [0.3, 0.4) is 0 Å². The van der Waals surface area contributed by atoms with Gasteiger partial charge in [0.2, 0.25) is 0 Å². The third-order valence-corrected chi connectivity index (χ3v) is 6.92. The molecular formula is C18H17N5O2S2. The third kappa shape index (κ3) is 2.70. The van der Waals surface area contributed by atoms with E-state index in [2.05, 4.69) is 30.4 Å². The number of nitrogens with zero attached hydrogens (tertiary/aromatic N) is 3. The van der Waals surface area contributed by atoms with E-state index < -0.39 is 10.0 Å². The number of likely N-dealkylation sites (N-methyl/N-ethyl adjacent to an activating group) is 1. The zero-order valence-corrected chi connectivity index (χ0v) is 16.2. The van der Waals surface area contributed by atoms with Crippen molar-refractivity contribution in [3.8, 4) is 0 Å². The molecule has 0 atom stereocenters. The first kappa shape index (κ1) is 16.7. The highest BCUT2D eigenvalue weighted by Crippen LogP contribution is 2.33. The van der Waals surface area contributed by atoms with Crippen molar-refractivity contribution >= 4 is 49.4 Å². The van der Waals surface area contributed by atoms with Crippen molar-refractivity contribution in [3.63, 3.8) is 0 Å². The van der Waals surface area contributed by atoms with Crippen LogP contribution in [-0.4, -0.2) is 40.6 Å². The van der Waals surface area contributed by atoms with Crippen molar-refractivity contribution < 1.29 is 8.42 Å². The summed E-state index contributed by atoms with van der Waals surface area (Å²) in [6.45, 7) is 1.83. The van der Waals surface area contributed by atoms with Gasteiger partial charge in [-0.05, 0) is 37.2 Å². The van der Waals surface area contributed by atoms with Gasteiger partial charge in [-0.1, -0.05) is 18.2 Å². The Morgan fingerprint density at radius 2 is 2.04 bits per heavy atom. The van der Waals surface area contributed by atoms with E-state index in [1.807, 2.05) is 12.1 Å². The highest BCUT2D eigenvalue weighted by molar-refractivity contribution is 7.93. The quantitative estimate of drug-likeness (QED) is 0.553. The number of aromatic amines is 1. The van der Waals surface area contributed by atoms with Crippen molar-refractivity contribution in [3.05, 3.63) is 47.7 Å². The fraction of sp³-hybridized carbons (Fsp3) is 0.222. The second-order valence-corrected chi connectivity index (χ2v) is 8.97. The zero-order chi connectivity index (χ0) is 18.6. The molecule has 0 spiro atoms. The lowest BCUT2D eigenvalue weighted by molar-refractivity contribution is 0.310. The number of benzene rings is 2. The van der Waals surface area contributed by atoms with Crippen LogP contribution in [0.25, 0.3) is 21.9 Å². The predicted octanol–water partition coefficient (Wildman–Crippen LogP) is 2.96. The molecule has 27 heavy (non-hydrogen) atoms. The lowest BCUT2D eigenvalue weighted by atomic mass is 10.0. The Kier molecular flexibility index (Phi) is 3.71. The van der Waals surface area contributed by atoms with E-state index in [1.54, 1.807) is 24.3 Å². The van der Waals surface area contributed by atoms with E-state index in [-0.39, 0.29) is 4.90 Å². The molecule has 0 saturated heterocycles. The molecule has 0 unspecified atom stereocenters. The van der Waals surface area contributed by atoms with Crippen LogP contribution in [0.4, 0.5) is 5.69 Å². The molecule has 0 fully saturated rings. The fourth-order valence-corrected chi connectivity index (χ4v) is 5.52. The molecule has 0 radical (unpaired) electrons. The molecule has 0 amide bonds. The van der Waals surface area contributed by atoms with Gasteiger partial charge in [0, 0.05) is 24.2 Å². The molecular weight excluding hydrogens is 382 g/mol. The molecule has 2 N–H and O–H groups in total. The summed E-state index contributed by atoms with van der Waals surface area (Å²) in [5.74, 6) is 0. The van der Waals surface area contributed by atoms with E-state index in [4.69, 9.17) is 0 Å². The van der Waals surface area contributed by atoms with Crippen LogP contribution in [0.5, 0.6) is 0 Å². The number of sulfonamides is 1. The first-order chi connectivity index (χ1) is 13.0. The summed E-state index contributed by atoms with van der Waals surface area (Å²) < 4.78 is 37.1. The average molecular weight is 400 g/mol. The predicted molar refractivity (Wildman–Crippen MR) is 107 cm³/mol. The minimum Gasteiger partial charge on any atom is -0.355 e. The van der Waals surface area contributed by atoms with Gasteiger partial charge in [0.1, 0.15) is 15.9 Å². The van der Waals surface area contributed by atoms with E-state index >= 15 is 0 Å². The number of anilines is 1. The summed E-state index contributed by atoms with van der Waals surface area (Å²) in [4.78, 5) is 5.81. The summed E-state index contributed by atoms with van der Waals surface area (Å²) in [6, 6.07) is 10.7. The lowest BCUT2D eigenvalue weighted by Crippen LogP contribution is -2.26. The number of hydrogen-bond acceptors (Lipinski definition) is 6. The second kappa shape index (κ2) is 6.01. The first-order valence-electron chi connectivity index (χ1n) is 8.58. The van der Waals surface area contributed by atoms with Crippen LogP contribution in [0, 0.1) is 0 Å². The number of para-hydroxylation sites is 1. The van der Waals surface area contributed by atoms with E-state index in [9.17, 15) is 8.42 Å². The highest BCUT2D eigenvalue weighted by atomic mass is 32.2. The van der Waals surface area contributed by atoms with Crippen molar-refractivity contribution in [2.24, 2.45) is 0 Å². The molecule has 5 rings (SSSR count). The Morgan fingerprint density at radius 3 is 2.93 bits per heavy atom. The maximum Gasteiger partial charge on any atom is 0.264 e. The van der Waals surface area contributed by atoms with E-state index in [0.29, 0.717) is 16.7 Å². The maximum absolute atomic E-state index is 13.1. The lowest BCUT2D eigenvalue weighted by Gasteiger charge is -2.22. The molecule has 4 aromatic rings. The van der Waals surface area contributed by atoms with Gasteiger partial charge >= 0.3 is 0 Å². The van der Waals surface area contributed by atoms with Crippen molar-refractivity contribution in [2.45, 2.75) is 17.9 Å². The average Bonchev–Trinajstić information content (AvgIpc) is 3.25. The Hall–Kier alpha value is -2.49. The fourth-order valence-electron chi connectivity index (χ4n) is 3.68. The number of fused-ring (bicyclic) bond motifs is 4. The number of hydrogen-bond donors (Lipinski definition) is 2. The van der Waals surface area contributed by atoms with Gasteiger partial charge in [0.15, 0.2) is 0 Å². The van der Waals surface area contributed by atoms with E-state index in [0.717, 1.165) is 47.8 Å². The van der Waals surface area contributed by atoms with Crippen LogP contribution >= 0.6 is 11.7 Å². The van der Waals surface area contributed by atoms with Crippen LogP contribution in [0.2, 0.25) is 0 Å². The Balaban J connectivity index is 1.61. The standard InChI is InChI=1S/C18H17N5O2S2/c1-23-9-8-11-12-4-2-6-14(17(12)19-15(11)10-23)22-27(24,25)16-7-3-5-13-18(16)21-26-20-13/h2-7,19,22H,8-10H2,1H3. The van der Waals surface area contributed by atoms with Gasteiger partial charge in [0.05, 0.1) is 22.9 Å². The first-order valence-corrected chi connectivity index (χ1v) is 10.8. The molecule has 0 bridgehead atoms. The van der Waals surface area contributed by atoms with Gasteiger partial charge in [-0.3, -0.25) is 4.72 Å². The third-order valence-electron chi connectivity index (χ3n) is 4.98. The number of rotatable bonds is 3. The van der Waals surface area contributed by atoms with Crippen LogP contribution in [-0.2, 0) is 23.0 Å². The Labute approximate surface area is 160 Å². The van der Waals surface area contributed by atoms with Crippen molar-refractivity contribution in [1.29, 1.82) is 0 Å². The molecule has 1 aliphatic heterocycles. The molecule has 138 valence electrons. The maximum atomic E-state index is 13.1. The molecule has 2 aromatic carbocycles. The van der Waals surface area contributed by atoms with Crippen molar-refractivity contribution in [2.75, 3.05) is 18.3 Å². The summed E-state index contributed by atoms with van der Waals surface area (Å²) in [5, 5.41) is 1.08. The van der Waals surface area contributed by atoms with Crippen LogP contribution < -0.4 is 4.72 Å². The summed E-state index contributed by atoms with van der Waals surface area (Å²) >= 11 is 1.01. The largest absolute Gasteiger partial charge is 0.355 e. The van der Waals surface area contributed by atoms with Gasteiger partial charge in [-0.25, -0.2) is 8.42 Å². The summed E-state index contributed by atoms with van der Waals surface area (Å²) in [5.41, 5.74) is 4.77. The molecule has 1 aliphatic rings. The van der Waals surface area contributed by atoms with Gasteiger partial charge in [-0.2, -0.15) is 8.75 Å². The molecule has 0 saturated carbocycles. The Bertz CT molecular complexity index is 1280. The smallest absolute Gasteiger partial charge is 0.264 e. The molecule has 2 aromatic heterocycles. The van der Waals surface area contributed by atoms with Gasteiger partial charge < -0.3 is 9.88 Å².